The second-order valence-electron chi connectivity index (χ2n) is 14.1. The van der Waals surface area contributed by atoms with Crippen molar-refractivity contribution in [2.45, 2.75) is 66.2 Å². The zero-order valence-corrected chi connectivity index (χ0v) is 33.8. The molecule has 6 N–H and O–H groups in total. The first-order valence-electron chi connectivity index (χ1n) is 19.0. The highest BCUT2D eigenvalue weighted by molar-refractivity contribution is 6.11. The van der Waals surface area contributed by atoms with Crippen molar-refractivity contribution < 1.29 is 52.5 Å². The maximum Gasteiger partial charge on any atom is 0.415 e. The summed E-state index contributed by atoms with van der Waals surface area (Å²) in [6.45, 7) is 11.8. The monoisotopic (exact) mass is 814 g/mol. The van der Waals surface area contributed by atoms with Crippen LogP contribution < -0.4 is 26.4 Å². The van der Waals surface area contributed by atoms with Crippen LogP contribution in [0, 0.1) is 23.2 Å². The van der Waals surface area contributed by atoms with Crippen molar-refractivity contribution in [3.05, 3.63) is 83.2 Å². The second-order valence-corrected chi connectivity index (χ2v) is 14.1. The summed E-state index contributed by atoms with van der Waals surface area (Å²) in [6, 6.07) is 10.9. The average Bonchev–Trinajstić information content (AvgIpc) is 4.06. The van der Waals surface area contributed by atoms with E-state index in [0.29, 0.717) is 35.9 Å². The molecule has 0 saturated heterocycles. The fourth-order valence-corrected chi connectivity index (χ4v) is 5.34. The fourth-order valence-electron chi connectivity index (χ4n) is 5.34. The third-order valence-electron chi connectivity index (χ3n) is 9.30. The number of alkyl carbamates (subject to hydrolysis) is 1. The molecule has 314 valence electrons. The van der Waals surface area contributed by atoms with Crippen LogP contribution in [-0.4, -0.2) is 79.4 Å². The van der Waals surface area contributed by atoms with Crippen molar-refractivity contribution in [1.82, 2.24) is 15.6 Å². The number of methoxy groups -OCH3 is 1. The first kappa shape index (κ1) is 45.1. The molecule has 1 aliphatic rings. The Labute approximate surface area is 341 Å². The Morgan fingerprint density at radius 1 is 0.932 bits per heavy atom. The molecule has 3 aromatic rings. The van der Waals surface area contributed by atoms with Gasteiger partial charge in [0.1, 0.15) is 23.3 Å². The maximum atomic E-state index is 14.1. The lowest BCUT2D eigenvalue weighted by Gasteiger charge is -2.18. The maximum absolute atomic E-state index is 14.1. The largest absolute Gasteiger partial charge is 0.496 e. The molecule has 0 radical (unpaired) electrons. The molecule has 0 aliphatic heterocycles. The number of pyridine rings is 1. The number of rotatable bonds is 18. The number of amides is 3. The van der Waals surface area contributed by atoms with Crippen molar-refractivity contribution in [1.29, 1.82) is 5.41 Å². The molecule has 4 rings (SSSR count). The molecule has 1 aliphatic carbocycles. The summed E-state index contributed by atoms with van der Waals surface area (Å²) in [7, 11) is 1.42. The lowest BCUT2D eigenvalue weighted by atomic mass is 9.94. The van der Waals surface area contributed by atoms with E-state index in [4.69, 9.17) is 34.8 Å². The number of ether oxygens (including phenoxy) is 5. The van der Waals surface area contributed by atoms with E-state index in [9.17, 15) is 28.8 Å². The Bertz CT molecular complexity index is 2080. The van der Waals surface area contributed by atoms with Crippen LogP contribution in [0.5, 0.6) is 5.75 Å². The van der Waals surface area contributed by atoms with Crippen LogP contribution in [0.2, 0.25) is 0 Å². The van der Waals surface area contributed by atoms with E-state index in [0.717, 1.165) is 12.8 Å². The Morgan fingerprint density at radius 2 is 1.63 bits per heavy atom. The number of nitrogens with zero attached hydrogens (tertiary/aromatic N) is 1. The molecule has 59 heavy (non-hydrogen) atoms. The topological polar surface area (TPSA) is 247 Å². The molecule has 17 nitrogen and oxygen atoms in total. The molecule has 1 fully saturated rings. The number of anilines is 1. The minimum absolute atomic E-state index is 0.0435. The summed E-state index contributed by atoms with van der Waals surface area (Å²) < 4.78 is 26.0. The quantitative estimate of drug-likeness (QED) is 0.0467. The van der Waals surface area contributed by atoms with Gasteiger partial charge >= 0.3 is 24.0 Å². The van der Waals surface area contributed by atoms with Gasteiger partial charge in [-0.25, -0.2) is 14.6 Å². The molecule has 1 heterocycles. The van der Waals surface area contributed by atoms with Gasteiger partial charge in [-0.2, -0.15) is 0 Å². The summed E-state index contributed by atoms with van der Waals surface area (Å²) >= 11 is 0. The number of amidine groups is 1. The van der Waals surface area contributed by atoms with Crippen LogP contribution in [-0.2, 0) is 28.5 Å². The zero-order chi connectivity index (χ0) is 43.4. The van der Waals surface area contributed by atoms with Gasteiger partial charge in [0.15, 0.2) is 5.69 Å². The number of hydrogen-bond donors (Lipinski definition) is 5. The van der Waals surface area contributed by atoms with E-state index in [2.05, 4.69) is 27.5 Å². The summed E-state index contributed by atoms with van der Waals surface area (Å²) in [4.78, 5) is 81.8. The minimum atomic E-state index is -1.19. The van der Waals surface area contributed by atoms with Gasteiger partial charge in [-0.15, -0.1) is 0 Å². The number of hydrogen-bond acceptors (Lipinski definition) is 14. The number of aromatic nitrogens is 1. The molecular weight excluding hydrogens is 764 g/mol. The smallest absolute Gasteiger partial charge is 0.415 e. The van der Waals surface area contributed by atoms with E-state index in [1.807, 2.05) is 6.92 Å². The number of carbonyl (C=O) groups is 6. The lowest BCUT2D eigenvalue weighted by molar-refractivity contribution is -0.168. The van der Waals surface area contributed by atoms with E-state index < -0.39 is 60.9 Å². The predicted molar refractivity (Wildman–Crippen MR) is 216 cm³/mol. The standard InChI is InChI=1S/C42H50N6O11/c1-8-23(5)34(43)40(52)56-21-57-41(53)35-29(16-17-32(47-35)38(50)45-20-25-10-11-25)30-19-33(55-7)26(9-2)18-31(30)37(49)46-28-14-12-27(13-15-28)36(44)48-42(54)59-24(6)58-39(51)22(3)4/h9,12-19,22-25,34H,2,8,10-11,20-21,43H2,1,3-7H3,(H,45,50)(H,46,49)(H2,44,48,54)/t23-,24?,34-/m0/s1. The number of benzene rings is 2. The van der Waals surface area contributed by atoms with Crippen molar-refractivity contribution in [3.8, 4) is 16.9 Å². The first-order chi connectivity index (χ1) is 28.1. The van der Waals surface area contributed by atoms with Crippen LogP contribution in [0.1, 0.15) is 96.3 Å². The van der Waals surface area contributed by atoms with E-state index in [-0.39, 0.29) is 45.4 Å². The summed E-state index contributed by atoms with van der Waals surface area (Å²) in [5, 5.41) is 16.1. The number of nitrogens with one attached hydrogen (secondary N) is 4. The average molecular weight is 815 g/mol. The van der Waals surface area contributed by atoms with Crippen LogP contribution in [0.25, 0.3) is 17.2 Å². The number of esters is 3. The Balaban J connectivity index is 1.61. The van der Waals surface area contributed by atoms with Gasteiger partial charge in [-0.3, -0.25) is 29.9 Å². The molecule has 2 aromatic carbocycles. The van der Waals surface area contributed by atoms with Gasteiger partial charge in [-0.1, -0.05) is 46.8 Å². The number of carbonyl (C=O) groups excluding carboxylic acids is 6. The van der Waals surface area contributed by atoms with E-state index in [1.165, 1.54) is 68.6 Å². The van der Waals surface area contributed by atoms with Crippen LogP contribution in [0.15, 0.2) is 55.1 Å². The Kier molecular flexibility index (Phi) is 15.8. The third kappa shape index (κ3) is 12.4. The number of nitrogens with two attached hydrogens (primary N) is 1. The highest BCUT2D eigenvalue weighted by atomic mass is 16.7. The van der Waals surface area contributed by atoms with Gasteiger partial charge in [-0.05, 0) is 73.2 Å². The Hall–Kier alpha value is -6.62. The molecule has 3 amide bonds. The van der Waals surface area contributed by atoms with Gasteiger partial charge < -0.3 is 40.1 Å². The predicted octanol–water partition coefficient (Wildman–Crippen LogP) is 5.42. The van der Waals surface area contributed by atoms with E-state index in [1.54, 1.807) is 20.8 Å². The summed E-state index contributed by atoms with van der Waals surface area (Å²) in [5.74, 6) is -3.81. The van der Waals surface area contributed by atoms with Gasteiger partial charge in [0.05, 0.1) is 13.0 Å². The molecular formula is C42H50N6O11. The second kappa shape index (κ2) is 20.7. The van der Waals surface area contributed by atoms with Crippen molar-refractivity contribution in [2.75, 3.05) is 25.8 Å². The fraction of sp³-hybridized carbons (Fsp3) is 0.381. The Morgan fingerprint density at radius 3 is 2.24 bits per heavy atom. The zero-order valence-electron chi connectivity index (χ0n) is 33.8. The molecule has 3 atom stereocenters. The van der Waals surface area contributed by atoms with Crippen LogP contribution >= 0.6 is 0 Å². The molecule has 0 spiro atoms. The van der Waals surface area contributed by atoms with Crippen LogP contribution in [0.3, 0.4) is 0 Å². The van der Waals surface area contributed by atoms with Crippen molar-refractivity contribution in [2.24, 2.45) is 23.5 Å². The highest BCUT2D eigenvalue weighted by Gasteiger charge is 2.28. The van der Waals surface area contributed by atoms with Crippen LogP contribution in [0.4, 0.5) is 10.5 Å². The van der Waals surface area contributed by atoms with Crippen molar-refractivity contribution in [3.63, 3.8) is 0 Å². The normalized spacial score (nSPS) is 13.5. The lowest BCUT2D eigenvalue weighted by Crippen LogP contribution is -2.38. The van der Waals surface area contributed by atoms with Gasteiger partial charge in [0.2, 0.25) is 13.1 Å². The SMILES string of the molecule is C=Cc1cc(C(=O)Nc2ccc(C(=N)NC(=O)OC(C)OC(=O)C(C)C)cc2)c(-c2ccc(C(=O)NCC3CC3)nc2C(=O)OCOC(=O)[C@@H](N)[C@@H](C)CC)cc1OC. The molecule has 17 heteroatoms. The first-order valence-corrected chi connectivity index (χ1v) is 19.0. The summed E-state index contributed by atoms with van der Waals surface area (Å²) in [5.41, 5.74) is 6.81. The minimum Gasteiger partial charge on any atom is -0.496 e. The highest BCUT2D eigenvalue weighted by Crippen LogP contribution is 2.35. The molecule has 1 saturated carbocycles. The third-order valence-corrected chi connectivity index (χ3v) is 9.30. The molecule has 0 bridgehead atoms. The van der Waals surface area contributed by atoms with Crippen molar-refractivity contribution >= 4 is 53.4 Å². The molecule has 1 unspecified atom stereocenters. The van der Waals surface area contributed by atoms with E-state index >= 15 is 0 Å². The van der Waals surface area contributed by atoms with Gasteiger partial charge in [0, 0.05) is 47.0 Å². The van der Waals surface area contributed by atoms with Gasteiger partial charge in [0.25, 0.3) is 11.8 Å². The molecule has 1 aromatic heterocycles. The summed E-state index contributed by atoms with van der Waals surface area (Å²) in [6.07, 6.45) is 1.89.